The molecule has 0 amide bonds. The molecule has 0 saturated heterocycles. The molecule has 0 aliphatic carbocycles. The first kappa shape index (κ1) is 20.9. The van der Waals surface area contributed by atoms with Crippen LogP contribution in [-0.4, -0.2) is 44.5 Å². The number of rotatable bonds is 8. The Morgan fingerprint density at radius 1 is 1.11 bits per heavy atom. The second-order valence-electron chi connectivity index (χ2n) is 6.95. The zero-order valence-corrected chi connectivity index (χ0v) is 18.8. The summed E-state index contributed by atoms with van der Waals surface area (Å²) >= 11 is 3.42. The summed E-state index contributed by atoms with van der Waals surface area (Å²) in [7, 11) is 0.323. The van der Waals surface area contributed by atoms with Crippen molar-refractivity contribution in [2.75, 3.05) is 27.2 Å². The molecule has 0 aliphatic rings. The number of halogens is 1. The highest BCUT2D eigenvalue weighted by molar-refractivity contribution is 9.10. The van der Waals surface area contributed by atoms with E-state index in [1.807, 2.05) is 39.2 Å². The van der Waals surface area contributed by atoms with Gasteiger partial charge in [0.2, 0.25) is 0 Å². The standard InChI is InChI=1S/C21H25BrN2O3S/c1-4-16-6-8-19(15-21(16)27-13-5-11-23(2)3)28(25,26)24-12-10-17-14-18(22)7-9-20(17)24/h6-10,12,14-15H,4-5,11,13H2,1-3H3. The lowest BCUT2D eigenvalue weighted by atomic mass is 10.1. The van der Waals surface area contributed by atoms with Gasteiger partial charge < -0.3 is 9.64 Å². The summed E-state index contributed by atoms with van der Waals surface area (Å²) in [6.45, 7) is 3.51. The lowest BCUT2D eigenvalue weighted by Crippen LogP contribution is -2.16. The zero-order valence-electron chi connectivity index (χ0n) is 16.4. The van der Waals surface area contributed by atoms with Crippen LogP contribution in [0.25, 0.3) is 10.9 Å². The monoisotopic (exact) mass is 464 g/mol. The highest BCUT2D eigenvalue weighted by Gasteiger charge is 2.20. The summed E-state index contributed by atoms with van der Waals surface area (Å²) in [5.41, 5.74) is 1.65. The van der Waals surface area contributed by atoms with Gasteiger partial charge in [0, 0.05) is 28.7 Å². The van der Waals surface area contributed by atoms with Gasteiger partial charge in [0.1, 0.15) is 5.75 Å². The van der Waals surface area contributed by atoms with Crippen molar-refractivity contribution in [1.82, 2.24) is 8.87 Å². The van der Waals surface area contributed by atoms with Crippen molar-refractivity contribution >= 4 is 36.9 Å². The fourth-order valence-corrected chi connectivity index (χ4v) is 4.84. The number of ether oxygens (including phenoxy) is 1. The maximum absolute atomic E-state index is 13.3. The molecule has 1 aromatic heterocycles. The Hall–Kier alpha value is -1.83. The topological polar surface area (TPSA) is 51.5 Å². The Bertz CT molecular complexity index is 1070. The van der Waals surface area contributed by atoms with E-state index in [-0.39, 0.29) is 4.90 Å². The van der Waals surface area contributed by atoms with Crippen LogP contribution >= 0.6 is 15.9 Å². The van der Waals surface area contributed by atoms with Crippen LogP contribution in [0.5, 0.6) is 5.75 Å². The fraction of sp³-hybridized carbons (Fsp3) is 0.333. The molecule has 0 spiro atoms. The molecule has 7 heteroatoms. The highest BCUT2D eigenvalue weighted by Crippen LogP contribution is 2.28. The number of hydrogen-bond acceptors (Lipinski definition) is 4. The maximum Gasteiger partial charge on any atom is 0.268 e. The van der Waals surface area contributed by atoms with Crippen molar-refractivity contribution in [1.29, 1.82) is 0 Å². The SMILES string of the molecule is CCc1ccc(S(=O)(=O)n2ccc3cc(Br)ccc32)cc1OCCCN(C)C. The second-order valence-corrected chi connectivity index (χ2v) is 9.68. The Kier molecular flexibility index (Phi) is 6.47. The van der Waals surface area contributed by atoms with Crippen LogP contribution in [0.15, 0.2) is 58.0 Å². The van der Waals surface area contributed by atoms with Crippen LogP contribution in [0.3, 0.4) is 0 Å². The third kappa shape index (κ3) is 4.42. The van der Waals surface area contributed by atoms with E-state index in [9.17, 15) is 8.42 Å². The van der Waals surface area contributed by atoms with E-state index < -0.39 is 10.0 Å². The van der Waals surface area contributed by atoms with E-state index >= 15 is 0 Å². The summed E-state index contributed by atoms with van der Waals surface area (Å²) < 4.78 is 34.7. The number of aromatic nitrogens is 1. The van der Waals surface area contributed by atoms with Crippen molar-refractivity contribution < 1.29 is 13.2 Å². The molecule has 0 radical (unpaired) electrons. The van der Waals surface area contributed by atoms with Crippen LogP contribution in [0.1, 0.15) is 18.9 Å². The number of hydrogen-bond donors (Lipinski definition) is 0. The number of benzene rings is 2. The van der Waals surface area contributed by atoms with Gasteiger partial charge in [-0.3, -0.25) is 0 Å². The van der Waals surface area contributed by atoms with Gasteiger partial charge in [-0.2, -0.15) is 0 Å². The Balaban J connectivity index is 1.93. The zero-order chi connectivity index (χ0) is 20.3. The van der Waals surface area contributed by atoms with Gasteiger partial charge in [-0.25, -0.2) is 12.4 Å². The van der Waals surface area contributed by atoms with Crippen molar-refractivity contribution in [2.45, 2.75) is 24.7 Å². The lowest BCUT2D eigenvalue weighted by molar-refractivity contribution is 0.279. The van der Waals surface area contributed by atoms with Crippen LogP contribution in [-0.2, 0) is 16.4 Å². The third-order valence-corrected chi connectivity index (χ3v) is 6.78. The van der Waals surface area contributed by atoms with Gasteiger partial charge in [0.25, 0.3) is 10.0 Å². The van der Waals surface area contributed by atoms with E-state index in [0.717, 1.165) is 34.8 Å². The van der Waals surface area contributed by atoms with Crippen molar-refractivity contribution in [3.05, 3.63) is 58.7 Å². The van der Waals surface area contributed by atoms with E-state index in [0.29, 0.717) is 17.9 Å². The normalized spacial score (nSPS) is 12.0. The molecule has 0 atom stereocenters. The van der Waals surface area contributed by atoms with Crippen LogP contribution in [0.4, 0.5) is 0 Å². The average Bonchev–Trinajstić information content (AvgIpc) is 3.08. The van der Waals surface area contributed by atoms with Gasteiger partial charge in [-0.05, 0) is 62.8 Å². The summed E-state index contributed by atoms with van der Waals surface area (Å²) in [5.74, 6) is 0.640. The minimum Gasteiger partial charge on any atom is -0.493 e. The highest BCUT2D eigenvalue weighted by atomic mass is 79.9. The quantitative estimate of drug-likeness (QED) is 0.459. The molecule has 3 aromatic rings. The molecule has 3 rings (SSSR count). The molecule has 0 fully saturated rings. The lowest BCUT2D eigenvalue weighted by Gasteiger charge is -2.15. The fourth-order valence-electron chi connectivity index (χ4n) is 3.10. The molecule has 150 valence electrons. The van der Waals surface area contributed by atoms with Crippen LogP contribution in [0, 0.1) is 0 Å². The molecule has 2 aromatic carbocycles. The molecule has 0 unspecified atom stereocenters. The largest absolute Gasteiger partial charge is 0.493 e. The predicted octanol–water partition coefficient (Wildman–Crippen LogP) is 4.53. The van der Waals surface area contributed by atoms with Gasteiger partial charge in [0.05, 0.1) is 17.0 Å². The average molecular weight is 465 g/mol. The Morgan fingerprint density at radius 2 is 1.89 bits per heavy atom. The van der Waals surface area contributed by atoms with E-state index in [4.69, 9.17) is 4.74 Å². The second kappa shape index (κ2) is 8.68. The van der Waals surface area contributed by atoms with Crippen molar-refractivity contribution in [2.24, 2.45) is 0 Å². The van der Waals surface area contributed by atoms with E-state index in [2.05, 4.69) is 20.8 Å². The van der Waals surface area contributed by atoms with Crippen LogP contribution in [0.2, 0.25) is 0 Å². The minimum absolute atomic E-state index is 0.229. The third-order valence-electron chi connectivity index (χ3n) is 4.60. The van der Waals surface area contributed by atoms with Gasteiger partial charge in [0.15, 0.2) is 0 Å². The number of nitrogens with zero attached hydrogens (tertiary/aromatic N) is 2. The molecular formula is C21H25BrN2O3S. The Labute approximate surface area is 175 Å². The summed E-state index contributed by atoms with van der Waals surface area (Å²) in [6.07, 6.45) is 3.26. The predicted molar refractivity (Wildman–Crippen MR) is 117 cm³/mol. The smallest absolute Gasteiger partial charge is 0.268 e. The summed E-state index contributed by atoms with van der Waals surface area (Å²) in [4.78, 5) is 2.33. The molecule has 0 N–H and O–H groups in total. The first-order chi connectivity index (χ1) is 13.3. The first-order valence-electron chi connectivity index (χ1n) is 9.25. The molecule has 0 aliphatic heterocycles. The number of aryl methyl sites for hydroxylation is 1. The van der Waals surface area contributed by atoms with E-state index in [1.54, 1.807) is 30.5 Å². The van der Waals surface area contributed by atoms with Crippen molar-refractivity contribution in [3.63, 3.8) is 0 Å². The van der Waals surface area contributed by atoms with Crippen LogP contribution < -0.4 is 4.74 Å². The molecule has 28 heavy (non-hydrogen) atoms. The minimum atomic E-state index is -3.71. The van der Waals surface area contributed by atoms with Gasteiger partial charge in [-0.15, -0.1) is 0 Å². The molecule has 0 bridgehead atoms. The molecular weight excluding hydrogens is 440 g/mol. The van der Waals surface area contributed by atoms with Gasteiger partial charge in [-0.1, -0.05) is 28.9 Å². The molecule has 0 saturated carbocycles. The van der Waals surface area contributed by atoms with Crippen molar-refractivity contribution in [3.8, 4) is 5.75 Å². The summed E-state index contributed by atoms with van der Waals surface area (Å²) in [5, 5.41) is 0.864. The first-order valence-corrected chi connectivity index (χ1v) is 11.5. The van der Waals surface area contributed by atoms with Gasteiger partial charge >= 0.3 is 0 Å². The maximum atomic E-state index is 13.3. The summed E-state index contributed by atoms with van der Waals surface area (Å²) in [6, 6.07) is 12.5. The molecule has 5 nitrogen and oxygen atoms in total. The van der Waals surface area contributed by atoms with E-state index in [1.165, 1.54) is 3.97 Å². The number of fused-ring (bicyclic) bond motifs is 1. The molecule has 1 heterocycles. The Morgan fingerprint density at radius 3 is 2.61 bits per heavy atom.